The highest BCUT2D eigenvalue weighted by atomic mass is 28.4. The highest BCUT2D eigenvalue weighted by Crippen LogP contribution is 2.41. The van der Waals surface area contributed by atoms with Crippen LogP contribution < -0.4 is 4.74 Å². The van der Waals surface area contributed by atoms with Gasteiger partial charge in [0, 0.05) is 37.5 Å². The first-order valence-electron chi connectivity index (χ1n) is 14.3. The summed E-state index contributed by atoms with van der Waals surface area (Å²) in [5.41, 5.74) is 8.11. The average molecular weight is 599 g/mol. The second kappa shape index (κ2) is 14.9. The zero-order valence-electron chi connectivity index (χ0n) is 27.5. The fourth-order valence-corrected chi connectivity index (χ4v) is 6.65. The topological polar surface area (TPSA) is 47.9 Å². The van der Waals surface area contributed by atoms with Crippen LogP contribution in [0.5, 0.6) is 5.75 Å². The Kier molecular flexibility index (Phi) is 13.5. The van der Waals surface area contributed by atoms with Crippen molar-refractivity contribution in [2.75, 3.05) is 13.9 Å². The largest absolute Gasteiger partial charge is 0.467 e. The quantitative estimate of drug-likeness (QED) is 0.169. The number of aliphatic hydroxyl groups excluding tert-OH is 1. The van der Waals surface area contributed by atoms with Crippen molar-refractivity contribution in [3.63, 3.8) is 0 Å². The van der Waals surface area contributed by atoms with Gasteiger partial charge < -0.3 is 19.0 Å². The number of aliphatic hydroxyl groups is 1. The molecule has 0 aliphatic carbocycles. The number of hydrogen-bond donors (Lipinski definition) is 1. The van der Waals surface area contributed by atoms with Crippen molar-refractivity contribution >= 4 is 24.5 Å². The van der Waals surface area contributed by atoms with E-state index in [1.807, 2.05) is 18.2 Å². The average Bonchev–Trinajstić information content (AvgIpc) is 2.78. The lowest BCUT2D eigenvalue weighted by atomic mass is 9.96. The summed E-state index contributed by atoms with van der Waals surface area (Å²) < 4.78 is 17.8. The Morgan fingerprint density at radius 3 is 2.02 bits per heavy atom. The Morgan fingerprint density at radius 1 is 0.875 bits per heavy atom. The third-order valence-electron chi connectivity index (χ3n) is 6.78. The van der Waals surface area contributed by atoms with Crippen LogP contribution in [0, 0.1) is 34.8 Å². The van der Waals surface area contributed by atoms with Gasteiger partial charge in [0.2, 0.25) is 0 Å². The molecule has 0 spiro atoms. The zero-order valence-corrected chi connectivity index (χ0v) is 30.5. The molecule has 0 heterocycles. The van der Waals surface area contributed by atoms with Crippen LogP contribution in [0.4, 0.5) is 0 Å². The fourth-order valence-electron chi connectivity index (χ4n) is 3.70. The molecule has 1 rings (SSSR count). The molecular weight excluding hydrogens is 545 g/mol. The number of hydrogen-bond acceptors (Lipinski definition) is 4. The lowest BCUT2D eigenvalue weighted by molar-refractivity contribution is 0.0503. The van der Waals surface area contributed by atoms with E-state index in [1.54, 1.807) is 7.11 Å². The maximum absolute atomic E-state index is 11.1. The Labute approximate surface area is 249 Å². The summed E-state index contributed by atoms with van der Waals surface area (Å²) >= 11 is 0. The number of ether oxygens (including phenoxy) is 2. The molecule has 0 fully saturated rings. The van der Waals surface area contributed by atoms with E-state index in [1.165, 1.54) is 0 Å². The number of benzene rings is 1. The lowest BCUT2D eigenvalue weighted by Gasteiger charge is -2.43. The molecule has 222 valence electrons. The van der Waals surface area contributed by atoms with Gasteiger partial charge in [-0.25, -0.2) is 0 Å². The molecule has 0 aliphatic rings. The second-order valence-electron chi connectivity index (χ2n) is 14.4. The van der Waals surface area contributed by atoms with E-state index in [2.05, 4.69) is 115 Å². The highest BCUT2D eigenvalue weighted by Gasteiger charge is 2.42. The molecule has 2 atom stereocenters. The van der Waals surface area contributed by atoms with E-state index in [-0.39, 0.29) is 17.4 Å². The molecule has 0 aromatic heterocycles. The van der Waals surface area contributed by atoms with E-state index in [0.29, 0.717) is 25.0 Å². The van der Waals surface area contributed by atoms with Crippen LogP contribution >= 0.6 is 0 Å². The normalized spacial score (nSPS) is 14.4. The predicted molar refractivity (Wildman–Crippen MR) is 178 cm³/mol. The first-order valence-corrected chi connectivity index (χ1v) is 24.2. The first-order chi connectivity index (χ1) is 18.2. The number of methoxy groups -OCH3 is 1. The van der Waals surface area contributed by atoms with Gasteiger partial charge in [0.1, 0.15) is 28.0 Å². The maximum atomic E-state index is 11.1. The third kappa shape index (κ3) is 13.3. The molecule has 4 nitrogen and oxygen atoms in total. The molecule has 1 N–H and O–H groups in total. The van der Waals surface area contributed by atoms with Crippen molar-refractivity contribution in [3.8, 4) is 40.5 Å². The maximum Gasteiger partial charge on any atom is 0.192 e. The van der Waals surface area contributed by atoms with Gasteiger partial charge in [-0.15, -0.1) is 28.8 Å². The molecule has 40 heavy (non-hydrogen) atoms. The first kappa shape index (κ1) is 36.3. The van der Waals surface area contributed by atoms with Crippen LogP contribution in [0.25, 0.3) is 0 Å². The van der Waals surface area contributed by atoms with E-state index < -0.39 is 30.6 Å². The predicted octanol–water partition coefficient (Wildman–Crippen LogP) is 7.96. The molecule has 0 bridgehead atoms. The van der Waals surface area contributed by atoms with Gasteiger partial charge in [0.15, 0.2) is 15.1 Å². The van der Waals surface area contributed by atoms with Gasteiger partial charge >= 0.3 is 0 Å². The summed E-state index contributed by atoms with van der Waals surface area (Å²) in [4.78, 5) is 0. The Hall–Kier alpha value is -1.77. The molecule has 0 amide bonds. The van der Waals surface area contributed by atoms with Crippen molar-refractivity contribution in [1.82, 2.24) is 0 Å². The van der Waals surface area contributed by atoms with Gasteiger partial charge in [-0.3, -0.25) is 0 Å². The summed E-state index contributed by atoms with van der Waals surface area (Å²) in [7, 11) is -3.42. The van der Waals surface area contributed by atoms with Crippen LogP contribution in [0.2, 0.25) is 57.4 Å². The van der Waals surface area contributed by atoms with E-state index in [0.717, 1.165) is 17.5 Å². The van der Waals surface area contributed by atoms with Crippen molar-refractivity contribution in [1.29, 1.82) is 0 Å². The van der Waals surface area contributed by atoms with Gasteiger partial charge in [-0.05, 0) is 37.5 Å². The van der Waals surface area contributed by atoms with Crippen molar-refractivity contribution in [2.24, 2.45) is 0 Å². The summed E-state index contributed by atoms with van der Waals surface area (Å²) in [5.74, 6) is 13.8. The Morgan fingerprint density at radius 2 is 1.48 bits per heavy atom. The van der Waals surface area contributed by atoms with E-state index >= 15 is 0 Å². The van der Waals surface area contributed by atoms with Gasteiger partial charge in [0.25, 0.3) is 0 Å². The molecule has 7 heteroatoms. The number of rotatable bonds is 10. The second-order valence-corrected chi connectivity index (χ2v) is 28.6. The summed E-state index contributed by atoms with van der Waals surface area (Å²) in [5, 5.41) is 11.2. The summed E-state index contributed by atoms with van der Waals surface area (Å²) in [6, 6.07) is 5.67. The fraction of sp³-hybridized carbons (Fsp3) is 0.636. The smallest absolute Gasteiger partial charge is 0.192 e. The van der Waals surface area contributed by atoms with Crippen molar-refractivity contribution < 1.29 is 19.0 Å². The van der Waals surface area contributed by atoms with Crippen LogP contribution in [0.1, 0.15) is 64.2 Å². The van der Waals surface area contributed by atoms with Crippen LogP contribution in [0.3, 0.4) is 0 Å². The van der Waals surface area contributed by atoms with Gasteiger partial charge in [-0.1, -0.05) is 78.1 Å². The van der Waals surface area contributed by atoms with Crippen LogP contribution in [0.15, 0.2) is 18.2 Å². The molecular formula is C33H54O4Si3. The van der Waals surface area contributed by atoms with Gasteiger partial charge in [-0.2, -0.15) is 0 Å². The van der Waals surface area contributed by atoms with E-state index in [4.69, 9.17) is 13.9 Å². The minimum absolute atomic E-state index is 0.104. The van der Waals surface area contributed by atoms with Crippen molar-refractivity contribution in [3.05, 3.63) is 29.3 Å². The van der Waals surface area contributed by atoms with E-state index in [9.17, 15) is 5.11 Å². The molecule has 1 unspecified atom stereocenters. The highest BCUT2D eigenvalue weighted by molar-refractivity contribution is 6.84. The molecule has 0 saturated carbocycles. The minimum atomic E-state index is -2.01. The Bertz CT molecular complexity index is 1150. The van der Waals surface area contributed by atoms with Gasteiger partial charge in [0.05, 0.1) is 5.60 Å². The monoisotopic (exact) mass is 598 g/mol. The molecule has 1 aromatic carbocycles. The molecule has 0 aliphatic heterocycles. The SMILES string of the molecule is COCOc1cccc(C(O)C#CCC[C@@](C)(CC#C[Si](C)(C)C)O[Si](C)(C)C(C)(C)C)c1CC#C[Si](C)(C)C. The molecule has 0 radical (unpaired) electrons. The third-order valence-corrected chi connectivity index (χ3v) is 13.2. The lowest BCUT2D eigenvalue weighted by Crippen LogP contribution is -2.48. The standard InChI is InChI=1S/C33H54O4Si3/c1-32(2,3)40(12,13)37-33(4,24-18-26-39(9,10)11)23-15-14-21-30(34)28-19-16-22-31(36-27-35-5)29(28)20-17-25-38(6,7)8/h16,19,22,30,34H,15,20,23-24,27H2,1-13H3/t30?,33-/m0/s1. The summed E-state index contributed by atoms with van der Waals surface area (Å²) in [6.45, 7) is 27.1. The van der Waals surface area contributed by atoms with Crippen LogP contribution in [-0.2, 0) is 15.6 Å². The molecule has 0 saturated heterocycles. The molecule has 1 aromatic rings. The zero-order chi connectivity index (χ0) is 30.8. The van der Waals surface area contributed by atoms with Crippen LogP contribution in [-0.4, -0.2) is 49.1 Å². The minimum Gasteiger partial charge on any atom is -0.467 e. The Balaban J connectivity index is 3.22. The van der Waals surface area contributed by atoms with Crippen molar-refractivity contribution in [2.45, 2.75) is 122 Å². The summed E-state index contributed by atoms with van der Waals surface area (Å²) in [6.07, 6.45) is 1.61.